The van der Waals surface area contributed by atoms with Gasteiger partial charge in [0.05, 0.1) is 13.1 Å². The van der Waals surface area contributed by atoms with Crippen LogP contribution in [0, 0.1) is 0 Å². The maximum atomic E-state index is 6.00. The number of fused-ring (bicyclic) bond motifs is 2. The van der Waals surface area contributed by atoms with E-state index < -0.39 is 0 Å². The van der Waals surface area contributed by atoms with Crippen LogP contribution in [0.15, 0.2) is 39.3 Å². The third-order valence-electron chi connectivity index (χ3n) is 3.51. The minimum Gasteiger partial charge on any atom is -0.335 e. The number of thioether (sulfide) groups is 2. The number of nitrogens with one attached hydrogen (secondary N) is 1. The standard InChI is InChI=1S/C14H13ClN4S2/c15-10-1-2-12-9(5-10)6-17-13(18-12)20-7-11-8-21-14-16-3-4-19(11)14/h1-2,5,8H,3-4,6-7H2,(H,17,18). The molecule has 3 aliphatic rings. The summed E-state index contributed by atoms with van der Waals surface area (Å²) < 4.78 is 0. The van der Waals surface area contributed by atoms with E-state index in [1.807, 2.05) is 18.2 Å². The van der Waals surface area contributed by atoms with Crippen LogP contribution in [0.3, 0.4) is 0 Å². The highest BCUT2D eigenvalue weighted by molar-refractivity contribution is 8.17. The summed E-state index contributed by atoms with van der Waals surface area (Å²) >= 11 is 9.47. The molecular formula is C14H13ClN4S2. The lowest BCUT2D eigenvalue weighted by molar-refractivity contribution is 0.579. The summed E-state index contributed by atoms with van der Waals surface area (Å²) in [6, 6.07) is 5.89. The summed E-state index contributed by atoms with van der Waals surface area (Å²) in [5.41, 5.74) is 3.58. The zero-order chi connectivity index (χ0) is 14.2. The fraction of sp³-hybridized carbons (Fsp3) is 0.286. The number of amidine groups is 2. The Hall–Kier alpha value is -1.11. The molecule has 0 bridgehead atoms. The fourth-order valence-electron chi connectivity index (χ4n) is 2.44. The van der Waals surface area contributed by atoms with Gasteiger partial charge in [0.2, 0.25) is 0 Å². The van der Waals surface area contributed by atoms with Crippen molar-refractivity contribution in [3.05, 3.63) is 39.9 Å². The van der Waals surface area contributed by atoms with Gasteiger partial charge < -0.3 is 10.2 Å². The molecule has 0 amide bonds. The predicted octanol–water partition coefficient (Wildman–Crippen LogP) is 3.61. The second kappa shape index (κ2) is 5.59. The first kappa shape index (κ1) is 13.5. The molecule has 0 spiro atoms. The van der Waals surface area contributed by atoms with Crippen molar-refractivity contribution in [2.24, 2.45) is 9.98 Å². The molecule has 0 radical (unpaired) electrons. The molecule has 0 atom stereocenters. The molecule has 4 nitrogen and oxygen atoms in total. The Kier molecular flexibility index (Phi) is 3.61. The lowest BCUT2D eigenvalue weighted by Gasteiger charge is -2.20. The van der Waals surface area contributed by atoms with Gasteiger partial charge in [-0.15, -0.1) is 0 Å². The van der Waals surface area contributed by atoms with E-state index in [1.54, 1.807) is 23.5 Å². The van der Waals surface area contributed by atoms with E-state index in [1.165, 1.54) is 5.70 Å². The van der Waals surface area contributed by atoms with Crippen LogP contribution in [0.5, 0.6) is 0 Å². The second-order valence-electron chi connectivity index (χ2n) is 4.88. The number of aliphatic imine (C=N–C) groups is 2. The first-order valence-corrected chi connectivity index (χ1v) is 8.94. The maximum absolute atomic E-state index is 6.00. The summed E-state index contributed by atoms with van der Waals surface area (Å²) in [4.78, 5) is 11.4. The topological polar surface area (TPSA) is 40.0 Å². The average Bonchev–Trinajstić information content (AvgIpc) is 3.08. The van der Waals surface area contributed by atoms with Crippen LogP contribution in [-0.4, -0.2) is 34.1 Å². The number of rotatable bonds is 2. The van der Waals surface area contributed by atoms with Crippen LogP contribution in [0.25, 0.3) is 0 Å². The van der Waals surface area contributed by atoms with Crippen LogP contribution < -0.4 is 5.32 Å². The zero-order valence-electron chi connectivity index (χ0n) is 11.2. The molecule has 0 fully saturated rings. The Labute approximate surface area is 136 Å². The molecular weight excluding hydrogens is 324 g/mol. The van der Waals surface area contributed by atoms with Gasteiger partial charge in [0, 0.05) is 28.7 Å². The smallest absolute Gasteiger partial charge is 0.167 e. The lowest BCUT2D eigenvalue weighted by atomic mass is 10.1. The largest absolute Gasteiger partial charge is 0.335 e. The first-order chi connectivity index (χ1) is 10.3. The van der Waals surface area contributed by atoms with E-state index in [4.69, 9.17) is 11.6 Å². The van der Waals surface area contributed by atoms with Gasteiger partial charge in [0.1, 0.15) is 0 Å². The van der Waals surface area contributed by atoms with Crippen LogP contribution >= 0.6 is 35.1 Å². The molecule has 0 aromatic heterocycles. The first-order valence-electron chi connectivity index (χ1n) is 6.70. The highest BCUT2D eigenvalue weighted by Gasteiger charge is 2.26. The quantitative estimate of drug-likeness (QED) is 0.895. The van der Waals surface area contributed by atoms with Crippen molar-refractivity contribution in [3.8, 4) is 0 Å². The van der Waals surface area contributed by atoms with E-state index in [2.05, 4.69) is 25.6 Å². The molecule has 1 N–H and O–H groups in total. The highest BCUT2D eigenvalue weighted by atomic mass is 35.5. The zero-order valence-corrected chi connectivity index (χ0v) is 13.6. The monoisotopic (exact) mass is 336 g/mol. The van der Waals surface area contributed by atoms with E-state index in [-0.39, 0.29) is 0 Å². The lowest BCUT2D eigenvalue weighted by Crippen LogP contribution is -2.23. The van der Waals surface area contributed by atoms with Crippen molar-refractivity contribution in [2.75, 3.05) is 24.2 Å². The summed E-state index contributed by atoms with van der Waals surface area (Å²) in [5, 5.41) is 8.45. The van der Waals surface area contributed by atoms with Crippen molar-refractivity contribution >= 4 is 51.1 Å². The number of hydrogen-bond donors (Lipinski definition) is 1. The average molecular weight is 337 g/mol. The molecule has 3 heterocycles. The van der Waals surface area contributed by atoms with Crippen LogP contribution in [0.1, 0.15) is 5.56 Å². The molecule has 1 aromatic carbocycles. The molecule has 0 unspecified atom stereocenters. The van der Waals surface area contributed by atoms with E-state index in [0.717, 1.165) is 45.5 Å². The predicted molar refractivity (Wildman–Crippen MR) is 93.4 cm³/mol. The van der Waals surface area contributed by atoms with E-state index in [9.17, 15) is 0 Å². The molecule has 0 saturated carbocycles. The SMILES string of the molecule is Clc1ccc2c(c1)CN=C(SCC1=CSC3=NCCN13)N2. The van der Waals surface area contributed by atoms with Gasteiger partial charge in [-0.05, 0) is 29.2 Å². The molecule has 108 valence electrons. The van der Waals surface area contributed by atoms with Gasteiger partial charge in [-0.25, -0.2) is 0 Å². The molecule has 0 aliphatic carbocycles. The Morgan fingerprint density at radius 1 is 1.38 bits per heavy atom. The van der Waals surface area contributed by atoms with E-state index >= 15 is 0 Å². The van der Waals surface area contributed by atoms with Crippen molar-refractivity contribution in [3.63, 3.8) is 0 Å². The second-order valence-corrected chi connectivity index (χ2v) is 7.12. The van der Waals surface area contributed by atoms with E-state index in [0.29, 0.717) is 6.54 Å². The van der Waals surface area contributed by atoms with Crippen LogP contribution in [-0.2, 0) is 6.54 Å². The molecule has 21 heavy (non-hydrogen) atoms. The van der Waals surface area contributed by atoms with Crippen molar-refractivity contribution in [1.82, 2.24) is 4.90 Å². The molecule has 4 rings (SSSR count). The van der Waals surface area contributed by atoms with Gasteiger partial charge in [-0.2, -0.15) is 0 Å². The molecule has 0 saturated heterocycles. The molecule has 7 heteroatoms. The summed E-state index contributed by atoms with van der Waals surface area (Å²) in [6.07, 6.45) is 0. The maximum Gasteiger partial charge on any atom is 0.167 e. The van der Waals surface area contributed by atoms with Gasteiger partial charge in [-0.3, -0.25) is 9.98 Å². The minimum absolute atomic E-state index is 0.690. The summed E-state index contributed by atoms with van der Waals surface area (Å²) in [5.74, 6) is 0.917. The Balaban J connectivity index is 1.40. The third kappa shape index (κ3) is 2.67. The number of hydrogen-bond acceptors (Lipinski definition) is 6. The Morgan fingerprint density at radius 3 is 3.29 bits per heavy atom. The van der Waals surface area contributed by atoms with Gasteiger partial charge in [0.25, 0.3) is 0 Å². The molecule has 1 aromatic rings. The number of benzene rings is 1. The Bertz CT molecular complexity index is 684. The van der Waals surface area contributed by atoms with Crippen LogP contribution in [0.4, 0.5) is 5.69 Å². The van der Waals surface area contributed by atoms with Crippen molar-refractivity contribution < 1.29 is 0 Å². The van der Waals surface area contributed by atoms with Crippen molar-refractivity contribution in [1.29, 1.82) is 0 Å². The van der Waals surface area contributed by atoms with Crippen molar-refractivity contribution in [2.45, 2.75) is 6.54 Å². The third-order valence-corrected chi connectivity index (χ3v) is 5.64. The number of nitrogens with zero attached hydrogens (tertiary/aromatic N) is 3. The number of halogens is 1. The van der Waals surface area contributed by atoms with Gasteiger partial charge in [0.15, 0.2) is 10.3 Å². The van der Waals surface area contributed by atoms with Gasteiger partial charge in [-0.1, -0.05) is 35.1 Å². The normalized spacial score (nSPS) is 19.5. The highest BCUT2D eigenvalue weighted by Crippen LogP contribution is 2.32. The summed E-state index contributed by atoms with van der Waals surface area (Å²) in [7, 11) is 0. The summed E-state index contributed by atoms with van der Waals surface area (Å²) in [6.45, 7) is 2.61. The Morgan fingerprint density at radius 2 is 2.33 bits per heavy atom. The minimum atomic E-state index is 0.690. The number of anilines is 1. The van der Waals surface area contributed by atoms with Crippen LogP contribution in [0.2, 0.25) is 5.02 Å². The van der Waals surface area contributed by atoms with Gasteiger partial charge >= 0.3 is 0 Å². The fourth-order valence-corrected chi connectivity index (χ4v) is 4.56. The molecule has 3 aliphatic heterocycles.